The molecular weight excluding hydrogens is 283 g/mol. The molecule has 0 aliphatic heterocycles. The molecule has 0 unspecified atom stereocenters. The molecule has 0 bridgehead atoms. The number of thiophene rings is 1. The van der Waals surface area contributed by atoms with E-state index in [0.29, 0.717) is 5.39 Å². The number of benzene rings is 2. The molecule has 3 rings (SSSR count). The Labute approximate surface area is 118 Å². The van der Waals surface area contributed by atoms with Crippen molar-refractivity contribution in [3.05, 3.63) is 59.2 Å². The highest BCUT2D eigenvalue weighted by atomic mass is 35.5. The average molecular weight is 291 g/mol. The zero-order valence-corrected chi connectivity index (χ0v) is 11.3. The summed E-state index contributed by atoms with van der Waals surface area (Å²) in [4.78, 5) is 11.1. The van der Waals surface area contributed by atoms with Gasteiger partial charge in [-0.2, -0.15) is 0 Å². The van der Waals surface area contributed by atoms with Crippen molar-refractivity contribution >= 4 is 38.3 Å². The predicted molar refractivity (Wildman–Crippen MR) is 77.4 cm³/mol. The SMILES string of the molecule is O=C(Cl)c1sc2ccc(-c3ccccc3)cc2c1F. The van der Waals surface area contributed by atoms with Gasteiger partial charge in [0.05, 0.1) is 0 Å². The molecule has 0 amide bonds. The minimum atomic E-state index is -0.750. The van der Waals surface area contributed by atoms with E-state index in [9.17, 15) is 9.18 Å². The van der Waals surface area contributed by atoms with Crippen molar-refractivity contribution in [1.29, 1.82) is 0 Å². The summed E-state index contributed by atoms with van der Waals surface area (Å²) in [5.41, 5.74) is 1.92. The van der Waals surface area contributed by atoms with Crippen LogP contribution in [0.15, 0.2) is 48.5 Å². The van der Waals surface area contributed by atoms with Gasteiger partial charge in [-0.3, -0.25) is 4.79 Å². The Kier molecular flexibility index (Phi) is 3.09. The summed E-state index contributed by atoms with van der Waals surface area (Å²) >= 11 is 6.45. The lowest BCUT2D eigenvalue weighted by atomic mass is 10.0. The molecule has 4 heteroatoms. The summed E-state index contributed by atoms with van der Waals surface area (Å²) in [6, 6.07) is 15.2. The van der Waals surface area contributed by atoms with E-state index >= 15 is 0 Å². The average Bonchev–Trinajstić information content (AvgIpc) is 2.77. The molecule has 2 aromatic carbocycles. The Morgan fingerprint density at radius 3 is 2.47 bits per heavy atom. The van der Waals surface area contributed by atoms with Crippen LogP contribution in [0.1, 0.15) is 9.67 Å². The van der Waals surface area contributed by atoms with Gasteiger partial charge in [0.15, 0.2) is 5.82 Å². The Morgan fingerprint density at radius 1 is 1.05 bits per heavy atom. The molecule has 0 fully saturated rings. The second-order valence-corrected chi connectivity index (χ2v) is 5.49. The van der Waals surface area contributed by atoms with Crippen molar-refractivity contribution in [2.75, 3.05) is 0 Å². The maximum absolute atomic E-state index is 14.1. The molecule has 0 saturated carbocycles. The van der Waals surface area contributed by atoms with Gasteiger partial charge < -0.3 is 0 Å². The molecule has 0 radical (unpaired) electrons. The highest BCUT2D eigenvalue weighted by Gasteiger charge is 2.17. The van der Waals surface area contributed by atoms with Crippen molar-refractivity contribution in [3.8, 4) is 11.1 Å². The number of hydrogen-bond donors (Lipinski definition) is 0. The maximum Gasteiger partial charge on any atom is 0.265 e. The van der Waals surface area contributed by atoms with E-state index in [2.05, 4.69) is 0 Å². The van der Waals surface area contributed by atoms with Crippen molar-refractivity contribution in [2.45, 2.75) is 0 Å². The fourth-order valence-corrected chi connectivity index (χ4v) is 3.10. The third-order valence-electron chi connectivity index (χ3n) is 2.91. The zero-order valence-electron chi connectivity index (χ0n) is 9.69. The normalized spacial score (nSPS) is 10.8. The number of hydrogen-bond acceptors (Lipinski definition) is 2. The molecule has 0 spiro atoms. The van der Waals surface area contributed by atoms with Gasteiger partial charge in [-0.1, -0.05) is 36.4 Å². The molecule has 3 aromatic rings. The van der Waals surface area contributed by atoms with E-state index < -0.39 is 11.1 Å². The van der Waals surface area contributed by atoms with Gasteiger partial charge in [-0.15, -0.1) is 11.3 Å². The van der Waals surface area contributed by atoms with Crippen LogP contribution in [0.25, 0.3) is 21.2 Å². The smallest absolute Gasteiger partial charge is 0.265 e. The first-order chi connectivity index (χ1) is 9.16. The highest BCUT2D eigenvalue weighted by Crippen LogP contribution is 2.34. The lowest BCUT2D eigenvalue weighted by Crippen LogP contribution is -1.86. The zero-order chi connectivity index (χ0) is 13.4. The number of carbonyl (C=O) groups is 1. The summed E-state index contributed by atoms with van der Waals surface area (Å²) in [6.07, 6.45) is 0. The van der Waals surface area contributed by atoms with E-state index in [1.807, 2.05) is 42.5 Å². The minimum Gasteiger partial charge on any atom is -0.275 e. The molecule has 94 valence electrons. The van der Waals surface area contributed by atoms with E-state index in [0.717, 1.165) is 27.2 Å². The van der Waals surface area contributed by atoms with Gasteiger partial charge in [-0.25, -0.2) is 4.39 Å². The van der Waals surface area contributed by atoms with Crippen LogP contribution in [0.5, 0.6) is 0 Å². The molecule has 0 aliphatic rings. The van der Waals surface area contributed by atoms with Gasteiger partial charge in [0.1, 0.15) is 4.88 Å². The van der Waals surface area contributed by atoms with Crippen LogP contribution in [0.3, 0.4) is 0 Å². The molecule has 0 aliphatic carbocycles. The number of rotatable bonds is 2. The van der Waals surface area contributed by atoms with E-state index in [1.54, 1.807) is 6.07 Å². The van der Waals surface area contributed by atoms with Crippen LogP contribution in [0, 0.1) is 5.82 Å². The summed E-state index contributed by atoms with van der Waals surface area (Å²) < 4.78 is 14.8. The summed E-state index contributed by atoms with van der Waals surface area (Å²) in [5.74, 6) is -0.530. The second kappa shape index (κ2) is 4.76. The molecule has 19 heavy (non-hydrogen) atoms. The highest BCUT2D eigenvalue weighted by molar-refractivity contribution is 7.22. The summed E-state index contributed by atoms with van der Waals surface area (Å²) in [7, 11) is 0. The number of fused-ring (bicyclic) bond motifs is 1. The third-order valence-corrected chi connectivity index (χ3v) is 4.36. The molecule has 1 aromatic heterocycles. The Morgan fingerprint density at radius 2 is 1.79 bits per heavy atom. The topological polar surface area (TPSA) is 17.1 Å². The lowest BCUT2D eigenvalue weighted by molar-refractivity contribution is 0.108. The van der Waals surface area contributed by atoms with E-state index in [1.165, 1.54) is 0 Å². The standard InChI is InChI=1S/C15H8ClFOS/c16-15(18)14-13(17)11-8-10(6-7-12(11)19-14)9-4-2-1-3-5-9/h1-8H. The molecule has 0 saturated heterocycles. The van der Waals surface area contributed by atoms with Gasteiger partial charge >= 0.3 is 0 Å². The van der Waals surface area contributed by atoms with E-state index in [4.69, 9.17) is 11.6 Å². The number of halogens is 2. The van der Waals surface area contributed by atoms with Gasteiger partial charge in [0.2, 0.25) is 0 Å². The Balaban J connectivity index is 2.21. The summed E-state index contributed by atoms with van der Waals surface area (Å²) in [6.45, 7) is 0. The molecule has 0 atom stereocenters. The lowest BCUT2D eigenvalue weighted by Gasteiger charge is -2.01. The van der Waals surface area contributed by atoms with Gasteiger partial charge in [0, 0.05) is 10.1 Å². The number of carbonyl (C=O) groups excluding carboxylic acids is 1. The van der Waals surface area contributed by atoms with Crippen LogP contribution < -0.4 is 0 Å². The Hall–Kier alpha value is -1.71. The first-order valence-electron chi connectivity index (χ1n) is 5.64. The van der Waals surface area contributed by atoms with Crippen LogP contribution in [0.4, 0.5) is 4.39 Å². The van der Waals surface area contributed by atoms with Gasteiger partial charge in [0.25, 0.3) is 5.24 Å². The molecule has 1 nitrogen and oxygen atoms in total. The fourth-order valence-electron chi connectivity index (χ4n) is 2.00. The summed E-state index contributed by atoms with van der Waals surface area (Å²) in [5, 5.41) is -0.310. The van der Waals surface area contributed by atoms with Crippen molar-refractivity contribution in [2.24, 2.45) is 0 Å². The minimum absolute atomic E-state index is 0.0260. The Bertz CT molecular complexity index is 764. The van der Waals surface area contributed by atoms with Crippen LogP contribution in [0.2, 0.25) is 0 Å². The predicted octanol–water partition coefficient (Wildman–Crippen LogP) is 5.09. The fraction of sp³-hybridized carbons (Fsp3) is 0. The van der Waals surface area contributed by atoms with Crippen molar-refractivity contribution in [3.63, 3.8) is 0 Å². The van der Waals surface area contributed by atoms with E-state index in [-0.39, 0.29) is 4.88 Å². The van der Waals surface area contributed by atoms with Crippen LogP contribution in [-0.2, 0) is 0 Å². The van der Waals surface area contributed by atoms with Crippen molar-refractivity contribution < 1.29 is 9.18 Å². The second-order valence-electron chi connectivity index (χ2n) is 4.10. The maximum atomic E-state index is 14.1. The third kappa shape index (κ3) is 2.15. The first kappa shape index (κ1) is 12.3. The first-order valence-corrected chi connectivity index (χ1v) is 6.83. The quantitative estimate of drug-likeness (QED) is 0.601. The monoisotopic (exact) mass is 290 g/mol. The van der Waals surface area contributed by atoms with Crippen LogP contribution >= 0.6 is 22.9 Å². The molecular formula is C15H8ClFOS. The molecule has 1 heterocycles. The largest absolute Gasteiger partial charge is 0.275 e. The van der Waals surface area contributed by atoms with Gasteiger partial charge in [-0.05, 0) is 34.9 Å². The van der Waals surface area contributed by atoms with Crippen LogP contribution in [-0.4, -0.2) is 5.24 Å². The van der Waals surface area contributed by atoms with Crippen molar-refractivity contribution in [1.82, 2.24) is 0 Å². The molecule has 0 N–H and O–H groups in total.